The summed E-state index contributed by atoms with van der Waals surface area (Å²) in [6, 6.07) is 5.46. The Hall–Kier alpha value is -0.780. The van der Waals surface area contributed by atoms with Gasteiger partial charge in [-0.05, 0) is 35.1 Å². The van der Waals surface area contributed by atoms with Gasteiger partial charge in [0, 0.05) is 23.0 Å². The molecule has 0 aliphatic rings. The number of carbonyl (C=O) groups excluding carboxylic acids is 1. The van der Waals surface area contributed by atoms with E-state index in [0.717, 1.165) is 10.2 Å². The van der Waals surface area contributed by atoms with Crippen molar-refractivity contribution < 1.29 is 9.53 Å². The number of amides is 1. The number of anilines is 1. The molecule has 0 bridgehead atoms. The highest BCUT2D eigenvalue weighted by Crippen LogP contribution is 2.27. The third kappa shape index (κ3) is 4.84. The molecule has 0 spiro atoms. The molecule has 0 saturated heterocycles. The number of ether oxygens (including phenoxy) is 1. The van der Waals surface area contributed by atoms with Crippen LogP contribution in [0, 0.1) is 5.92 Å². The molecule has 1 aromatic carbocycles. The molecule has 0 heterocycles. The lowest BCUT2D eigenvalue weighted by Crippen LogP contribution is -2.28. The summed E-state index contributed by atoms with van der Waals surface area (Å²) in [5.74, 6) is 0.608. The fraction of sp³-hybridized carbons (Fsp3) is 0.417. The van der Waals surface area contributed by atoms with Crippen molar-refractivity contribution in [3.05, 3.63) is 22.7 Å². The molecule has 0 aliphatic carbocycles. The highest BCUT2D eigenvalue weighted by atomic mass is 79.9. The molecule has 0 saturated carbocycles. The molecule has 1 aromatic rings. The smallest absolute Gasteiger partial charge is 0.228 e. The summed E-state index contributed by atoms with van der Waals surface area (Å²) in [4.78, 5) is 11.8. The number of carbonyl (C=O) groups is 1. The number of hydrogen-bond acceptors (Lipinski definition) is 3. The topological polar surface area (TPSA) is 50.4 Å². The third-order valence-corrected chi connectivity index (χ3v) is 3.08. The summed E-state index contributed by atoms with van der Waals surface area (Å²) in [5, 5.41) is 5.84. The number of halogens is 2. The van der Waals surface area contributed by atoms with Crippen molar-refractivity contribution in [2.75, 3.05) is 26.0 Å². The number of rotatable bonds is 5. The molecule has 0 aromatic heterocycles. The second kappa shape index (κ2) is 8.34. The van der Waals surface area contributed by atoms with E-state index in [4.69, 9.17) is 4.74 Å². The first-order valence-electron chi connectivity index (χ1n) is 5.37. The van der Waals surface area contributed by atoms with Crippen LogP contribution in [0.4, 0.5) is 5.69 Å². The van der Waals surface area contributed by atoms with Gasteiger partial charge < -0.3 is 15.4 Å². The van der Waals surface area contributed by atoms with Crippen LogP contribution in [0.1, 0.15) is 6.92 Å². The van der Waals surface area contributed by atoms with Crippen molar-refractivity contribution in [1.82, 2.24) is 5.32 Å². The Labute approximate surface area is 122 Å². The summed E-state index contributed by atoms with van der Waals surface area (Å²) in [6.07, 6.45) is 0. The minimum Gasteiger partial charge on any atom is -0.497 e. The van der Waals surface area contributed by atoms with Crippen molar-refractivity contribution in [3.63, 3.8) is 0 Å². The van der Waals surface area contributed by atoms with E-state index < -0.39 is 0 Å². The van der Waals surface area contributed by atoms with E-state index in [1.165, 1.54) is 0 Å². The van der Waals surface area contributed by atoms with E-state index in [1.807, 2.05) is 26.1 Å². The summed E-state index contributed by atoms with van der Waals surface area (Å²) in [7, 11) is 3.42. The maximum Gasteiger partial charge on any atom is 0.228 e. The zero-order valence-electron chi connectivity index (χ0n) is 10.6. The molecule has 1 amide bonds. The van der Waals surface area contributed by atoms with Crippen molar-refractivity contribution in [2.45, 2.75) is 6.92 Å². The summed E-state index contributed by atoms with van der Waals surface area (Å²) in [6.45, 7) is 2.52. The Morgan fingerprint density at radius 3 is 2.72 bits per heavy atom. The van der Waals surface area contributed by atoms with Crippen molar-refractivity contribution in [3.8, 4) is 5.75 Å². The summed E-state index contributed by atoms with van der Waals surface area (Å²) >= 11 is 3.39. The fourth-order valence-electron chi connectivity index (χ4n) is 1.38. The summed E-state index contributed by atoms with van der Waals surface area (Å²) in [5.41, 5.74) is 0.720. The van der Waals surface area contributed by atoms with E-state index >= 15 is 0 Å². The molecular weight excluding hydrogens is 320 g/mol. The predicted octanol–water partition coefficient (Wildman–Crippen LogP) is 2.67. The highest BCUT2D eigenvalue weighted by molar-refractivity contribution is 9.10. The van der Waals surface area contributed by atoms with Crippen LogP contribution in [0.2, 0.25) is 0 Å². The molecule has 1 rings (SSSR count). The van der Waals surface area contributed by atoms with Gasteiger partial charge >= 0.3 is 0 Å². The molecule has 0 fully saturated rings. The quantitative estimate of drug-likeness (QED) is 0.868. The van der Waals surface area contributed by atoms with Gasteiger partial charge in [0.1, 0.15) is 5.75 Å². The second-order valence-corrected chi connectivity index (χ2v) is 4.65. The predicted molar refractivity (Wildman–Crippen MR) is 79.7 cm³/mol. The monoisotopic (exact) mass is 336 g/mol. The second-order valence-electron chi connectivity index (χ2n) is 3.79. The largest absolute Gasteiger partial charge is 0.497 e. The Bertz CT molecular complexity index is 402. The van der Waals surface area contributed by atoms with Crippen molar-refractivity contribution >= 4 is 39.9 Å². The Balaban J connectivity index is 0.00000289. The zero-order valence-corrected chi connectivity index (χ0v) is 13.0. The zero-order chi connectivity index (χ0) is 12.8. The molecular formula is C12H18BrClN2O2. The third-order valence-electron chi connectivity index (χ3n) is 2.39. The van der Waals surface area contributed by atoms with Gasteiger partial charge in [-0.2, -0.15) is 0 Å². The van der Waals surface area contributed by atoms with Gasteiger partial charge in [-0.15, -0.1) is 12.4 Å². The van der Waals surface area contributed by atoms with Gasteiger partial charge in [0.25, 0.3) is 0 Å². The van der Waals surface area contributed by atoms with E-state index in [2.05, 4.69) is 26.6 Å². The normalized spacial score (nSPS) is 11.3. The Kier molecular flexibility index (Phi) is 7.98. The van der Waals surface area contributed by atoms with Gasteiger partial charge in [0.05, 0.1) is 12.8 Å². The molecule has 102 valence electrons. The van der Waals surface area contributed by atoms with Crippen LogP contribution < -0.4 is 15.4 Å². The molecule has 6 heteroatoms. The molecule has 4 nitrogen and oxygen atoms in total. The number of benzene rings is 1. The number of methoxy groups -OCH3 is 1. The lowest BCUT2D eigenvalue weighted by molar-refractivity contribution is -0.119. The fourth-order valence-corrected chi connectivity index (χ4v) is 1.73. The van der Waals surface area contributed by atoms with Crippen LogP contribution in [0.5, 0.6) is 5.75 Å². The van der Waals surface area contributed by atoms with Gasteiger partial charge in [0.15, 0.2) is 0 Å². The first kappa shape index (κ1) is 17.2. The summed E-state index contributed by atoms with van der Waals surface area (Å²) < 4.78 is 5.95. The number of hydrogen-bond donors (Lipinski definition) is 2. The van der Waals surface area contributed by atoms with Crippen molar-refractivity contribution in [2.24, 2.45) is 5.92 Å². The lowest BCUT2D eigenvalue weighted by Gasteiger charge is -2.13. The average molecular weight is 338 g/mol. The van der Waals surface area contributed by atoms with Crippen molar-refractivity contribution in [1.29, 1.82) is 0 Å². The molecule has 0 aliphatic heterocycles. The minimum absolute atomic E-state index is 0. The van der Waals surface area contributed by atoms with Crippen LogP contribution in [-0.4, -0.2) is 26.6 Å². The average Bonchev–Trinajstić information content (AvgIpc) is 2.32. The van der Waals surface area contributed by atoms with E-state index in [9.17, 15) is 4.79 Å². The van der Waals surface area contributed by atoms with Gasteiger partial charge in [0.2, 0.25) is 5.91 Å². The maximum absolute atomic E-state index is 11.8. The molecule has 1 unspecified atom stereocenters. The van der Waals surface area contributed by atoms with Crippen LogP contribution in [0.3, 0.4) is 0 Å². The molecule has 2 N–H and O–H groups in total. The van der Waals surface area contributed by atoms with Crippen LogP contribution >= 0.6 is 28.3 Å². The van der Waals surface area contributed by atoms with Gasteiger partial charge in [-0.25, -0.2) is 0 Å². The lowest BCUT2D eigenvalue weighted by atomic mass is 10.1. The SMILES string of the molecule is CNCC(C)C(=O)Nc1cc(OC)ccc1Br.Cl. The Morgan fingerprint density at radius 1 is 1.50 bits per heavy atom. The molecule has 18 heavy (non-hydrogen) atoms. The van der Waals surface area contributed by atoms with Crippen LogP contribution in [0.15, 0.2) is 22.7 Å². The Morgan fingerprint density at radius 2 is 2.17 bits per heavy atom. The van der Waals surface area contributed by atoms with E-state index in [1.54, 1.807) is 13.2 Å². The maximum atomic E-state index is 11.8. The highest BCUT2D eigenvalue weighted by Gasteiger charge is 2.13. The van der Waals surface area contributed by atoms with Gasteiger partial charge in [-0.1, -0.05) is 6.92 Å². The first-order chi connectivity index (χ1) is 8.08. The van der Waals surface area contributed by atoms with E-state index in [-0.39, 0.29) is 24.2 Å². The van der Waals surface area contributed by atoms with Gasteiger partial charge in [-0.3, -0.25) is 4.79 Å². The van der Waals surface area contributed by atoms with Crippen LogP contribution in [-0.2, 0) is 4.79 Å². The number of nitrogens with one attached hydrogen (secondary N) is 2. The molecule has 0 radical (unpaired) electrons. The van der Waals surface area contributed by atoms with Crippen LogP contribution in [0.25, 0.3) is 0 Å². The standard InChI is InChI=1S/C12H17BrN2O2.ClH/c1-8(7-14-2)12(16)15-11-6-9(17-3)4-5-10(11)13;/h4-6,8,14H,7H2,1-3H3,(H,15,16);1H. The van der Waals surface area contributed by atoms with E-state index in [0.29, 0.717) is 12.3 Å². The minimum atomic E-state index is -0.0851. The molecule has 1 atom stereocenters. The first-order valence-corrected chi connectivity index (χ1v) is 6.16.